The third-order valence-electron chi connectivity index (χ3n) is 3.58. The second-order valence-electron chi connectivity index (χ2n) is 5.04. The van der Waals surface area contributed by atoms with Gasteiger partial charge in [0.1, 0.15) is 0 Å². The first kappa shape index (κ1) is 15.3. The van der Waals surface area contributed by atoms with Crippen LogP contribution >= 0.6 is 27.5 Å². The molecular weight excluding hydrogens is 350 g/mol. The highest BCUT2D eigenvalue weighted by Crippen LogP contribution is 2.32. The quantitative estimate of drug-likeness (QED) is 0.791. The Kier molecular flexibility index (Phi) is 4.60. The smallest absolute Gasteiger partial charge is 0.207 e. The van der Waals surface area contributed by atoms with Gasteiger partial charge in [0.25, 0.3) is 0 Å². The highest BCUT2D eigenvalue weighted by atomic mass is 79.9. The van der Waals surface area contributed by atoms with Gasteiger partial charge < -0.3 is 0 Å². The molecule has 3 nitrogen and oxygen atoms in total. The Balaban J connectivity index is 2.43. The van der Waals surface area contributed by atoms with Gasteiger partial charge in [-0.1, -0.05) is 18.0 Å². The predicted molar refractivity (Wildman–Crippen MR) is 81.0 cm³/mol. The second kappa shape index (κ2) is 5.72. The van der Waals surface area contributed by atoms with Crippen LogP contribution in [0, 0.1) is 0 Å². The summed E-state index contributed by atoms with van der Waals surface area (Å²) in [5.74, 6) is 0. The fourth-order valence-corrected chi connectivity index (χ4v) is 5.19. The second-order valence-corrected chi connectivity index (χ2v) is 8.14. The molecule has 0 N–H and O–H groups in total. The van der Waals surface area contributed by atoms with E-state index in [2.05, 4.69) is 15.9 Å². The molecule has 19 heavy (non-hydrogen) atoms. The molecule has 1 saturated heterocycles. The molecule has 0 saturated carbocycles. The summed E-state index contributed by atoms with van der Waals surface area (Å²) in [6, 6.07) is 4.84. The van der Waals surface area contributed by atoms with Crippen LogP contribution in [0.15, 0.2) is 27.6 Å². The molecule has 6 heteroatoms. The van der Waals surface area contributed by atoms with Crippen molar-refractivity contribution in [2.75, 3.05) is 0 Å². The maximum absolute atomic E-state index is 12.7. The molecular formula is C13H17BrClNO2S. The molecule has 1 aliphatic rings. The third kappa shape index (κ3) is 2.99. The number of rotatable bonds is 2. The minimum atomic E-state index is -3.45. The van der Waals surface area contributed by atoms with E-state index in [0.717, 1.165) is 19.3 Å². The minimum Gasteiger partial charge on any atom is -0.207 e. The van der Waals surface area contributed by atoms with Crippen LogP contribution < -0.4 is 0 Å². The summed E-state index contributed by atoms with van der Waals surface area (Å²) in [5, 5.41) is 0.513. The average molecular weight is 367 g/mol. The number of hydrogen-bond donors (Lipinski definition) is 0. The van der Waals surface area contributed by atoms with Gasteiger partial charge in [-0.3, -0.25) is 0 Å². The van der Waals surface area contributed by atoms with Gasteiger partial charge in [-0.15, -0.1) is 0 Å². The van der Waals surface area contributed by atoms with E-state index in [1.807, 2.05) is 13.8 Å². The molecule has 0 radical (unpaired) electrons. The summed E-state index contributed by atoms with van der Waals surface area (Å²) in [4.78, 5) is 0.296. The highest BCUT2D eigenvalue weighted by Gasteiger charge is 2.35. The largest absolute Gasteiger partial charge is 0.243 e. The first-order chi connectivity index (χ1) is 8.84. The van der Waals surface area contributed by atoms with Crippen LogP contribution in [0.4, 0.5) is 0 Å². The molecule has 1 aliphatic heterocycles. The molecule has 0 bridgehead atoms. The molecule has 0 spiro atoms. The van der Waals surface area contributed by atoms with Gasteiger partial charge in [0.15, 0.2) is 0 Å². The van der Waals surface area contributed by atoms with E-state index in [-0.39, 0.29) is 12.1 Å². The van der Waals surface area contributed by atoms with E-state index in [1.165, 1.54) is 0 Å². The summed E-state index contributed by atoms with van der Waals surface area (Å²) >= 11 is 9.20. The van der Waals surface area contributed by atoms with Crippen molar-refractivity contribution in [3.8, 4) is 0 Å². The number of benzene rings is 1. The molecule has 0 amide bonds. The maximum atomic E-state index is 12.7. The number of sulfonamides is 1. The topological polar surface area (TPSA) is 37.4 Å². The molecule has 1 fully saturated rings. The van der Waals surface area contributed by atoms with E-state index in [0.29, 0.717) is 14.4 Å². The van der Waals surface area contributed by atoms with Crippen LogP contribution in [-0.4, -0.2) is 24.8 Å². The lowest BCUT2D eigenvalue weighted by Gasteiger charge is -2.37. The first-order valence-corrected chi connectivity index (χ1v) is 8.93. The number of nitrogens with zero attached hydrogens (tertiary/aromatic N) is 1. The van der Waals surface area contributed by atoms with E-state index in [4.69, 9.17) is 11.6 Å². The summed E-state index contributed by atoms with van der Waals surface area (Å²) in [6.45, 7) is 3.94. The van der Waals surface area contributed by atoms with Crippen LogP contribution in [0.2, 0.25) is 5.02 Å². The van der Waals surface area contributed by atoms with Crippen LogP contribution in [0.3, 0.4) is 0 Å². The standard InChI is InChI=1S/C13H17BrClNO2S/c1-9-4-3-5-10(2)16(9)19(17,18)11-6-7-13(15)12(14)8-11/h6-10H,3-5H2,1-2H3/t9-,10+. The van der Waals surface area contributed by atoms with Crippen molar-refractivity contribution in [1.29, 1.82) is 0 Å². The van der Waals surface area contributed by atoms with Crippen molar-refractivity contribution in [1.82, 2.24) is 4.31 Å². The van der Waals surface area contributed by atoms with Gasteiger partial charge in [-0.25, -0.2) is 8.42 Å². The van der Waals surface area contributed by atoms with Crippen LogP contribution in [0.1, 0.15) is 33.1 Å². The van der Waals surface area contributed by atoms with Gasteiger partial charge >= 0.3 is 0 Å². The molecule has 0 aromatic heterocycles. The molecule has 106 valence electrons. The zero-order chi connectivity index (χ0) is 14.2. The normalized spacial score (nSPS) is 25.5. The minimum absolute atomic E-state index is 0.0446. The average Bonchev–Trinajstić information content (AvgIpc) is 2.32. The monoisotopic (exact) mass is 365 g/mol. The predicted octanol–water partition coefficient (Wildman–Crippen LogP) is 4.05. The zero-order valence-corrected chi connectivity index (χ0v) is 14.1. The Hall–Kier alpha value is -0.100. The van der Waals surface area contributed by atoms with Gasteiger partial charge in [0.2, 0.25) is 10.0 Å². The van der Waals surface area contributed by atoms with Crippen molar-refractivity contribution >= 4 is 37.6 Å². The molecule has 1 aromatic rings. The molecule has 1 aromatic carbocycles. The van der Waals surface area contributed by atoms with E-state index >= 15 is 0 Å². The first-order valence-electron chi connectivity index (χ1n) is 6.32. The maximum Gasteiger partial charge on any atom is 0.243 e. The summed E-state index contributed by atoms with van der Waals surface area (Å²) < 4.78 is 27.7. The Bertz CT molecular complexity index is 566. The zero-order valence-electron chi connectivity index (χ0n) is 10.9. The molecule has 1 heterocycles. The van der Waals surface area contributed by atoms with Crippen molar-refractivity contribution in [2.45, 2.75) is 50.1 Å². The Morgan fingerprint density at radius 1 is 1.26 bits per heavy atom. The van der Waals surface area contributed by atoms with Crippen LogP contribution in [0.25, 0.3) is 0 Å². The summed E-state index contributed by atoms with van der Waals surface area (Å²) in [7, 11) is -3.45. The van der Waals surface area contributed by atoms with E-state index in [9.17, 15) is 8.42 Å². The van der Waals surface area contributed by atoms with Gasteiger partial charge in [-0.05, 0) is 60.8 Å². The van der Waals surface area contributed by atoms with E-state index in [1.54, 1.807) is 22.5 Å². The fraction of sp³-hybridized carbons (Fsp3) is 0.538. The van der Waals surface area contributed by atoms with Crippen molar-refractivity contribution in [3.05, 3.63) is 27.7 Å². The lowest BCUT2D eigenvalue weighted by Crippen LogP contribution is -2.47. The molecule has 0 aliphatic carbocycles. The van der Waals surface area contributed by atoms with Gasteiger partial charge in [-0.2, -0.15) is 4.31 Å². The van der Waals surface area contributed by atoms with Gasteiger partial charge in [0.05, 0.1) is 9.92 Å². The molecule has 2 rings (SSSR count). The van der Waals surface area contributed by atoms with Crippen molar-refractivity contribution in [3.63, 3.8) is 0 Å². The number of halogens is 2. The summed E-state index contributed by atoms with van der Waals surface area (Å²) in [5.41, 5.74) is 0. The molecule has 2 atom stereocenters. The Morgan fingerprint density at radius 2 is 1.84 bits per heavy atom. The van der Waals surface area contributed by atoms with E-state index < -0.39 is 10.0 Å². The van der Waals surface area contributed by atoms with Crippen molar-refractivity contribution < 1.29 is 8.42 Å². The SMILES string of the molecule is C[C@@H]1CCC[C@H](C)N1S(=O)(=O)c1ccc(Cl)c(Br)c1. The lowest BCUT2D eigenvalue weighted by atomic mass is 10.0. The van der Waals surface area contributed by atoms with Gasteiger partial charge in [0, 0.05) is 16.6 Å². The fourth-order valence-electron chi connectivity index (χ4n) is 2.63. The highest BCUT2D eigenvalue weighted by molar-refractivity contribution is 9.10. The number of piperidine rings is 1. The summed E-state index contributed by atoms with van der Waals surface area (Å²) in [6.07, 6.45) is 2.91. The number of hydrogen-bond acceptors (Lipinski definition) is 2. The lowest BCUT2D eigenvalue weighted by molar-refractivity contribution is 0.204. The molecule has 0 unspecified atom stereocenters. The van der Waals surface area contributed by atoms with Crippen LogP contribution in [0.5, 0.6) is 0 Å². The Morgan fingerprint density at radius 3 is 2.37 bits per heavy atom. The van der Waals surface area contributed by atoms with Crippen LogP contribution in [-0.2, 0) is 10.0 Å². The Labute approximate surface area is 128 Å². The van der Waals surface area contributed by atoms with Crippen molar-refractivity contribution in [2.24, 2.45) is 0 Å². The third-order valence-corrected chi connectivity index (χ3v) is 6.92.